The number of rotatable bonds is 18. The third-order valence-electron chi connectivity index (χ3n) is 5.71. The van der Waals surface area contributed by atoms with Crippen LogP contribution in [0.3, 0.4) is 0 Å². The van der Waals surface area contributed by atoms with E-state index in [0.29, 0.717) is 32.2 Å². The Hall–Kier alpha value is -3.22. The number of carbonyl (C=O) groups excluding carboxylic acids is 4. The summed E-state index contributed by atoms with van der Waals surface area (Å²) in [6.07, 6.45) is 29.3. The molecular weight excluding hydrogens is 468 g/mol. The third-order valence-corrected chi connectivity index (χ3v) is 5.71. The maximum atomic E-state index is 12.3. The maximum absolute atomic E-state index is 12.3. The molecule has 1 saturated heterocycles. The summed E-state index contributed by atoms with van der Waals surface area (Å²) in [6.45, 7) is 3.94. The summed E-state index contributed by atoms with van der Waals surface area (Å²) >= 11 is 0. The molecule has 204 valence electrons. The Labute approximate surface area is 222 Å². The fourth-order valence-electron chi connectivity index (χ4n) is 3.75. The molecule has 1 unspecified atom stereocenters. The zero-order valence-corrected chi connectivity index (χ0v) is 22.5. The van der Waals surface area contributed by atoms with Gasteiger partial charge in [0.15, 0.2) is 6.61 Å². The molecule has 0 spiro atoms. The van der Waals surface area contributed by atoms with Crippen LogP contribution in [0.2, 0.25) is 0 Å². The highest BCUT2D eigenvalue weighted by Gasteiger charge is 2.32. The van der Waals surface area contributed by atoms with Gasteiger partial charge in [-0.3, -0.25) is 24.5 Å². The van der Waals surface area contributed by atoms with Crippen LogP contribution in [0.5, 0.6) is 0 Å². The highest BCUT2D eigenvalue weighted by atomic mass is 16.5. The van der Waals surface area contributed by atoms with Crippen LogP contribution in [0, 0.1) is 0 Å². The van der Waals surface area contributed by atoms with Crippen LogP contribution < -0.4 is 5.32 Å². The molecule has 1 aliphatic heterocycles. The van der Waals surface area contributed by atoms with E-state index in [-0.39, 0.29) is 12.3 Å². The van der Waals surface area contributed by atoms with E-state index in [1.807, 2.05) is 6.08 Å². The number of unbranched alkanes of at least 4 members (excludes halogenated alkanes) is 1. The molecule has 1 heterocycles. The van der Waals surface area contributed by atoms with Gasteiger partial charge in [0.2, 0.25) is 11.8 Å². The summed E-state index contributed by atoms with van der Waals surface area (Å²) in [5.74, 6) is -1.76. The van der Waals surface area contributed by atoms with Crippen molar-refractivity contribution < 1.29 is 23.9 Å². The first-order valence-corrected chi connectivity index (χ1v) is 13.5. The van der Waals surface area contributed by atoms with Gasteiger partial charge in [0.1, 0.15) is 6.04 Å². The van der Waals surface area contributed by atoms with Gasteiger partial charge in [0.05, 0.1) is 0 Å². The summed E-state index contributed by atoms with van der Waals surface area (Å²) in [4.78, 5) is 49.5. The van der Waals surface area contributed by atoms with Crippen LogP contribution in [0.1, 0.15) is 84.5 Å². The number of nitrogens with zero attached hydrogens (tertiary/aromatic N) is 1. The molecule has 0 aromatic heterocycles. The van der Waals surface area contributed by atoms with Gasteiger partial charge in [-0.2, -0.15) is 0 Å². The molecule has 1 fully saturated rings. The monoisotopic (exact) mass is 512 g/mol. The van der Waals surface area contributed by atoms with Crippen LogP contribution in [0.25, 0.3) is 0 Å². The quantitative estimate of drug-likeness (QED) is 0.149. The van der Waals surface area contributed by atoms with Gasteiger partial charge in [-0.15, -0.1) is 0 Å². The van der Waals surface area contributed by atoms with E-state index in [4.69, 9.17) is 4.74 Å². The van der Waals surface area contributed by atoms with E-state index in [9.17, 15) is 19.2 Å². The number of allylic oxidation sites excluding steroid dienone is 10. The summed E-state index contributed by atoms with van der Waals surface area (Å²) in [5, 5.41) is 2.23. The van der Waals surface area contributed by atoms with Crippen molar-refractivity contribution in [3.8, 4) is 0 Å². The van der Waals surface area contributed by atoms with Crippen molar-refractivity contribution in [1.82, 2.24) is 10.2 Å². The number of nitrogens with one attached hydrogen (secondary N) is 1. The molecule has 1 aliphatic rings. The minimum Gasteiger partial charge on any atom is -0.456 e. The van der Waals surface area contributed by atoms with Gasteiger partial charge < -0.3 is 9.64 Å². The van der Waals surface area contributed by atoms with Crippen molar-refractivity contribution in [2.24, 2.45) is 0 Å². The van der Waals surface area contributed by atoms with Crippen LogP contribution in [0.15, 0.2) is 60.8 Å². The molecule has 7 nitrogen and oxygen atoms in total. The lowest BCUT2D eigenvalue weighted by atomic mass is 10.2. The Kier molecular flexibility index (Phi) is 18.0. The molecule has 1 rings (SSSR count). The fraction of sp³-hybridized carbons (Fsp3) is 0.533. The molecular formula is C30H44N2O5. The molecule has 0 aromatic rings. The van der Waals surface area contributed by atoms with Gasteiger partial charge in [0.25, 0.3) is 5.91 Å². The Bertz CT molecular complexity index is 854. The van der Waals surface area contributed by atoms with Crippen molar-refractivity contribution in [3.05, 3.63) is 60.8 Å². The standard InChI is InChI=1S/C30H44N2O5/c1-3-5-6-7-8-9-10-11-12-13-14-15-16-17-18-19-20-23-29(35)37-25-27(33)31-30(36)26(4-2)32-24-21-22-28(32)34/h5-6,8-9,11-12,14-15,17-18,26H,3-4,7,10,13,16,19-25H2,1-2H3,(H,31,33,36). The lowest BCUT2D eigenvalue weighted by Gasteiger charge is -2.25. The molecule has 0 radical (unpaired) electrons. The summed E-state index contributed by atoms with van der Waals surface area (Å²) in [7, 11) is 0. The van der Waals surface area contributed by atoms with Gasteiger partial charge in [-0.25, -0.2) is 0 Å². The van der Waals surface area contributed by atoms with Crippen LogP contribution in [-0.4, -0.2) is 47.8 Å². The predicted molar refractivity (Wildman–Crippen MR) is 147 cm³/mol. The van der Waals surface area contributed by atoms with E-state index in [2.05, 4.69) is 66.9 Å². The number of likely N-dealkylation sites (tertiary alicyclic amines) is 1. The van der Waals surface area contributed by atoms with E-state index in [1.54, 1.807) is 6.92 Å². The lowest BCUT2D eigenvalue weighted by molar-refractivity contribution is -0.150. The lowest BCUT2D eigenvalue weighted by Crippen LogP contribution is -2.49. The number of carbonyl (C=O) groups is 4. The van der Waals surface area contributed by atoms with Gasteiger partial charge in [-0.05, 0) is 57.8 Å². The van der Waals surface area contributed by atoms with Gasteiger partial charge in [0, 0.05) is 19.4 Å². The van der Waals surface area contributed by atoms with E-state index >= 15 is 0 Å². The van der Waals surface area contributed by atoms with E-state index in [1.165, 1.54) is 4.90 Å². The number of amides is 3. The minimum absolute atomic E-state index is 0.0756. The molecule has 37 heavy (non-hydrogen) atoms. The molecule has 1 N–H and O–H groups in total. The SMILES string of the molecule is CCC=CCC=CCC=CCC=CCC=CCCCC(=O)OCC(=O)NC(=O)C(CC)N1CCCC1=O. The molecule has 0 aliphatic carbocycles. The van der Waals surface area contributed by atoms with E-state index < -0.39 is 30.4 Å². The average Bonchev–Trinajstić information content (AvgIpc) is 3.30. The molecule has 0 bridgehead atoms. The first-order valence-electron chi connectivity index (χ1n) is 13.5. The second-order valence-electron chi connectivity index (χ2n) is 8.79. The van der Waals surface area contributed by atoms with Crippen LogP contribution in [0.4, 0.5) is 0 Å². The predicted octanol–water partition coefficient (Wildman–Crippen LogP) is 5.50. The number of ether oxygens (including phenoxy) is 1. The van der Waals surface area contributed by atoms with Crippen molar-refractivity contribution in [2.45, 2.75) is 90.5 Å². The first kappa shape index (κ1) is 31.8. The van der Waals surface area contributed by atoms with Crippen molar-refractivity contribution in [3.63, 3.8) is 0 Å². The summed E-state index contributed by atoms with van der Waals surface area (Å²) in [5.41, 5.74) is 0. The first-order chi connectivity index (χ1) is 18.0. The summed E-state index contributed by atoms with van der Waals surface area (Å²) < 4.78 is 4.96. The molecule has 0 aromatic carbocycles. The van der Waals surface area contributed by atoms with Crippen molar-refractivity contribution >= 4 is 23.7 Å². The van der Waals surface area contributed by atoms with Gasteiger partial charge >= 0.3 is 5.97 Å². The highest BCUT2D eigenvalue weighted by molar-refractivity contribution is 6.00. The Balaban J connectivity index is 2.08. The topological polar surface area (TPSA) is 92.8 Å². The highest BCUT2D eigenvalue weighted by Crippen LogP contribution is 2.15. The molecule has 0 saturated carbocycles. The zero-order valence-electron chi connectivity index (χ0n) is 22.5. The number of hydrogen-bond donors (Lipinski definition) is 1. The summed E-state index contributed by atoms with van der Waals surface area (Å²) in [6, 6.07) is -0.668. The Morgan fingerprint density at radius 2 is 1.46 bits per heavy atom. The molecule has 3 amide bonds. The number of imide groups is 1. The van der Waals surface area contributed by atoms with Crippen LogP contribution >= 0.6 is 0 Å². The fourth-order valence-corrected chi connectivity index (χ4v) is 3.75. The zero-order chi connectivity index (χ0) is 27.1. The second-order valence-corrected chi connectivity index (χ2v) is 8.79. The Morgan fingerprint density at radius 1 is 0.892 bits per heavy atom. The maximum Gasteiger partial charge on any atom is 0.306 e. The van der Waals surface area contributed by atoms with Crippen molar-refractivity contribution in [1.29, 1.82) is 0 Å². The van der Waals surface area contributed by atoms with E-state index in [0.717, 1.165) is 38.5 Å². The van der Waals surface area contributed by atoms with Crippen LogP contribution in [-0.2, 0) is 23.9 Å². The largest absolute Gasteiger partial charge is 0.456 e. The number of esters is 1. The average molecular weight is 513 g/mol. The molecule has 7 heteroatoms. The normalized spacial score (nSPS) is 15.2. The number of hydrogen-bond acceptors (Lipinski definition) is 5. The smallest absolute Gasteiger partial charge is 0.306 e. The Morgan fingerprint density at radius 3 is 1.97 bits per heavy atom. The van der Waals surface area contributed by atoms with Gasteiger partial charge in [-0.1, -0.05) is 74.6 Å². The second kappa shape index (κ2) is 20.9. The third kappa shape index (κ3) is 15.5. The van der Waals surface area contributed by atoms with Crippen molar-refractivity contribution in [2.75, 3.05) is 13.2 Å². The molecule has 1 atom stereocenters. The minimum atomic E-state index is -0.679.